The van der Waals surface area contributed by atoms with Crippen LogP contribution in [-0.4, -0.2) is 43.7 Å². The predicted molar refractivity (Wildman–Crippen MR) is 109 cm³/mol. The standard InChI is InChI=1S/C20H22FN7O/c1-13(14-3-5-15(21)6-4-14)24-19-26-16(25-17-10-22-7-8-23-17)9-18(27-19)28-11-20(2,29)12-28/h3-10,13,29H,11-12H2,1-2H3,(H2,23,24,25,26,27)/t13-/m0/s1. The average Bonchev–Trinajstić information content (AvgIpc) is 2.67. The Hall–Kier alpha value is -3.33. The fourth-order valence-electron chi connectivity index (χ4n) is 3.19. The van der Waals surface area contributed by atoms with Crippen molar-refractivity contribution in [3.63, 3.8) is 0 Å². The van der Waals surface area contributed by atoms with Gasteiger partial charge in [0, 0.05) is 31.5 Å². The van der Waals surface area contributed by atoms with Crippen LogP contribution in [0.4, 0.5) is 27.8 Å². The van der Waals surface area contributed by atoms with E-state index in [0.717, 1.165) is 5.56 Å². The first-order valence-electron chi connectivity index (χ1n) is 9.29. The van der Waals surface area contributed by atoms with Gasteiger partial charge in [-0.1, -0.05) is 12.1 Å². The molecular weight excluding hydrogens is 373 g/mol. The molecular formula is C20H22FN7O. The second-order valence-electron chi connectivity index (χ2n) is 7.42. The summed E-state index contributed by atoms with van der Waals surface area (Å²) in [5.74, 6) is 1.93. The summed E-state index contributed by atoms with van der Waals surface area (Å²) in [5, 5.41) is 16.5. The van der Waals surface area contributed by atoms with Gasteiger partial charge in [0.15, 0.2) is 0 Å². The maximum Gasteiger partial charge on any atom is 0.227 e. The fourth-order valence-corrected chi connectivity index (χ4v) is 3.19. The molecule has 1 aromatic carbocycles. The number of aliphatic hydroxyl groups is 1. The molecule has 2 aromatic heterocycles. The summed E-state index contributed by atoms with van der Waals surface area (Å²) in [6.07, 6.45) is 4.79. The van der Waals surface area contributed by atoms with Crippen LogP contribution in [0.3, 0.4) is 0 Å². The SMILES string of the molecule is C[C@H](Nc1nc(Nc2cnccn2)cc(N2CC(C)(O)C2)n1)c1ccc(F)cc1. The van der Waals surface area contributed by atoms with E-state index >= 15 is 0 Å². The lowest BCUT2D eigenvalue weighted by molar-refractivity contribution is 0.0305. The molecule has 1 aliphatic rings. The summed E-state index contributed by atoms with van der Waals surface area (Å²) in [6.45, 7) is 4.72. The van der Waals surface area contributed by atoms with Crippen LogP contribution < -0.4 is 15.5 Å². The van der Waals surface area contributed by atoms with Crippen molar-refractivity contribution < 1.29 is 9.50 Å². The van der Waals surface area contributed by atoms with Crippen molar-refractivity contribution in [2.45, 2.75) is 25.5 Å². The van der Waals surface area contributed by atoms with Crippen LogP contribution in [0.25, 0.3) is 0 Å². The average molecular weight is 395 g/mol. The lowest BCUT2D eigenvalue weighted by Crippen LogP contribution is -2.60. The third-order valence-electron chi connectivity index (χ3n) is 4.63. The largest absolute Gasteiger partial charge is 0.386 e. The lowest BCUT2D eigenvalue weighted by atomic mass is 9.97. The first kappa shape index (κ1) is 19.0. The molecule has 9 heteroatoms. The predicted octanol–water partition coefficient (Wildman–Crippen LogP) is 2.89. The van der Waals surface area contributed by atoms with Crippen LogP contribution in [-0.2, 0) is 0 Å². The normalized spacial score (nSPS) is 16.1. The molecule has 0 unspecified atom stereocenters. The Balaban J connectivity index is 1.59. The molecule has 0 amide bonds. The van der Waals surface area contributed by atoms with Crippen molar-refractivity contribution in [3.8, 4) is 0 Å². The van der Waals surface area contributed by atoms with E-state index in [9.17, 15) is 9.50 Å². The van der Waals surface area contributed by atoms with Gasteiger partial charge in [0.05, 0.1) is 17.8 Å². The summed E-state index contributed by atoms with van der Waals surface area (Å²) >= 11 is 0. The molecule has 3 N–H and O–H groups in total. The molecule has 3 heterocycles. The quantitative estimate of drug-likeness (QED) is 0.586. The maximum atomic E-state index is 13.2. The van der Waals surface area contributed by atoms with E-state index in [2.05, 4.69) is 30.6 Å². The monoisotopic (exact) mass is 395 g/mol. The molecule has 0 radical (unpaired) electrons. The second-order valence-corrected chi connectivity index (χ2v) is 7.42. The summed E-state index contributed by atoms with van der Waals surface area (Å²) < 4.78 is 13.2. The smallest absolute Gasteiger partial charge is 0.227 e. The third-order valence-corrected chi connectivity index (χ3v) is 4.63. The zero-order chi connectivity index (χ0) is 20.4. The number of hydrogen-bond donors (Lipinski definition) is 3. The van der Waals surface area contributed by atoms with Crippen LogP contribution in [0.5, 0.6) is 0 Å². The molecule has 0 spiro atoms. The summed E-state index contributed by atoms with van der Waals surface area (Å²) in [7, 11) is 0. The number of rotatable bonds is 6. The Morgan fingerprint density at radius 1 is 1.14 bits per heavy atom. The maximum absolute atomic E-state index is 13.2. The molecule has 0 bridgehead atoms. The Morgan fingerprint density at radius 2 is 1.90 bits per heavy atom. The zero-order valence-electron chi connectivity index (χ0n) is 16.2. The van der Waals surface area contributed by atoms with Gasteiger partial charge >= 0.3 is 0 Å². The number of nitrogens with one attached hydrogen (secondary N) is 2. The van der Waals surface area contributed by atoms with Crippen molar-refractivity contribution in [3.05, 3.63) is 60.3 Å². The number of halogens is 1. The molecule has 1 fully saturated rings. The van der Waals surface area contributed by atoms with E-state index in [1.165, 1.54) is 12.1 Å². The van der Waals surface area contributed by atoms with Gasteiger partial charge in [-0.15, -0.1) is 0 Å². The minimum atomic E-state index is -0.724. The van der Waals surface area contributed by atoms with Gasteiger partial charge in [-0.3, -0.25) is 4.98 Å². The van der Waals surface area contributed by atoms with E-state index in [1.807, 2.05) is 11.8 Å². The first-order chi connectivity index (χ1) is 13.9. The van der Waals surface area contributed by atoms with Crippen molar-refractivity contribution in [2.24, 2.45) is 0 Å². The molecule has 1 aliphatic heterocycles. The van der Waals surface area contributed by atoms with Gasteiger partial charge in [-0.25, -0.2) is 9.37 Å². The number of benzene rings is 1. The highest BCUT2D eigenvalue weighted by Crippen LogP contribution is 2.29. The summed E-state index contributed by atoms with van der Waals surface area (Å²) in [4.78, 5) is 19.3. The van der Waals surface area contributed by atoms with Crippen molar-refractivity contribution in [1.82, 2.24) is 19.9 Å². The number of aromatic nitrogens is 4. The lowest BCUT2D eigenvalue weighted by Gasteiger charge is -2.45. The molecule has 1 atom stereocenters. The molecule has 150 valence electrons. The van der Waals surface area contributed by atoms with E-state index in [1.54, 1.807) is 43.7 Å². The van der Waals surface area contributed by atoms with Gasteiger partial charge in [0.25, 0.3) is 0 Å². The van der Waals surface area contributed by atoms with Crippen LogP contribution >= 0.6 is 0 Å². The van der Waals surface area contributed by atoms with Gasteiger partial charge in [-0.2, -0.15) is 9.97 Å². The minimum Gasteiger partial charge on any atom is -0.386 e. The minimum absolute atomic E-state index is 0.130. The van der Waals surface area contributed by atoms with Gasteiger partial charge in [0.2, 0.25) is 5.95 Å². The highest BCUT2D eigenvalue weighted by atomic mass is 19.1. The van der Waals surface area contributed by atoms with Gasteiger partial charge < -0.3 is 20.6 Å². The Bertz CT molecular complexity index is 974. The van der Waals surface area contributed by atoms with Crippen molar-refractivity contribution in [1.29, 1.82) is 0 Å². The van der Waals surface area contributed by atoms with E-state index in [4.69, 9.17) is 0 Å². The van der Waals surface area contributed by atoms with Crippen LogP contribution in [0.2, 0.25) is 0 Å². The van der Waals surface area contributed by atoms with Crippen molar-refractivity contribution in [2.75, 3.05) is 28.6 Å². The van der Waals surface area contributed by atoms with Crippen LogP contribution in [0.1, 0.15) is 25.5 Å². The van der Waals surface area contributed by atoms with E-state index < -0.39 is 5.60 Å². The highest BCUT2D eigenvalue weighted by molar-refractivity contribution is 5.60. The molecule has 8 nitrogen and oxygen atoms in total. The molecule has 3 aromatic rings. The Labute approximate surface area is 167 Å². The highest BCUT2D eigenvalue weighted by Gasteiger charge is 2.37. The van der Waals surface area contributed by atoms with Gasteiger partial charge in [0.1, 0.15) is 23.3 Å². The van der Waals surface area contributed by atoms with E-state index in [-0.39, 0.29) is 11.9 Å². The number of β-amino-alcohol motifs (C(OH)–C–C–N with tert-alkyl or cyclic N) is 1. The third kappa shape index (κ3) is 4.57. The molecule has 0 saturated carbocycles. The molecule has 0 aliphatic carbocycles. The summed E-state index contributed by atoms with van der Waals surface area (Å²) in [5.41, 5.74) is 0.189. The first-order valence-corrected chi connectivity index (χ1v) is 9.29. The molecule has 4 rings (SSSR count). The van der Waals surface area contributed by atoms with Crippen molar-refractivity contribution >= 4 is 23.4 Å². The fraction of sp³-hybridized carbons (Fsp3) is 0.300. The summed E-state index contributed by atoms with van der Waals surface area (Å²) in [6, 6.07) is 7.97. The molecule has 1 saturated heterocycles. The number of hydrogen-bond acceptors (Lipinski definition) is 8. The number of anilines is 4. The molecule has 29 heavy (non-hydrogen) atoms. The van der Waals surface area contributed by atoms with Gasteiger partial charge in [-0.05, 0) is 31.5 Å². The zero-order valence-corrected chi connectivity index (χ0v) is 16.2. The Morgan fingerprint density at radius 3 is 2.55 bits per heavy atom. The topological polar surface area (TPSA) is 99.1 Å². The van der Waals surface area contributed by atoms with E-state index in [0.29, 0.717) is 36.5 Å². The van der Waals surface area contributed by atoms with Crippen LogP contribution in [0, 0.1) is 5.82 Å². The Kier molecular flexibility index (Phi) is 4.98. The number of nitrogens with zero attached hydrogens (tertiary/aromatic N) is 5. The van der Waals surface area contributed by atoms with Crippen LogP contribution in [0.15, 0.2) is 48.9 Å². The second kappa shape index (κ2) is 7.59.